The van der Waals surface area contributed by atoms with Gasteiger partial charge in [-0.3, -0.25) is 4.79 Å². The Labute approximate surface area is 80.0 Å². The Bertz CT molecular complexity index is 251. The van der Waals surface area contributed by atoms with Gasteiger partial charge in [-0.2, -0.15) is 0 Å². The van der Waals surface area contributed by atoms with E-state index in [1.165, 1.54) is 0 Å². The van der Waals surface area contributed by atoms with Crippen LogP contribution in [-0.4, -0.2) is 28.1 Å². The number of rotatable bonds is 3. The quantitative estimate of drug-likeness (QED) is 0.536. The molecule has 1 fully saturated rings. The van der Waals surface area contributed by atoms with E-state index in [2.05, 4.69) is 0 Å². The number of carbonyl (C=O) groups is 3. The molecule has 0 heterocycles. The van der Waals surface area contributed by atoms with E-state index in [0.717, 1.165) is 12.8 Å². The summed E-state index contributed by atoms with van der Waals surface area (Å²) < 4.78 is 0. The average molecular weight is 201 g/mol. The molecule has 14 heavy (non-hydrogen) atoms. The summed E-state index contributed by atoms with van der Waals surface area (Å²) in [5.41, 5.74) is 4.86. The highest BCUT2D eigenvalue weighted by Crippen LogP contribution is 2.27. The topological polar surface area (TPSA) is 118 Å². The van der Waals surface area contributed by atoms with Gasteiger partial charge in [0.05, 0.1) is 0 Å². The van der Waals surface area contributed by atoms with Crippen LogP contribution in [0.5, 0.6) is 0 Å². The molecule has 6 heteroatoms. The van der Waals surface area contributed by atoms with E-state index in [0.29, 0.717) is 12.2 Å². The molecule has 0 aliphatic heterocycles. The molecule has 0 spiro atoms. The fourth-order valence-electron chi connectivity index (χ4n) is 0.510. The van der Waals surface area contributed by atoms with Gasteiger partial charge >= 0.3 is 11.9 Å². The van der Waals surface area contributed by atoms with Crippen molar-refractivity contribution in [2.24, 2.45) is 11.7 Å². The molecule has 0 aromatic heterocycles. The molecule has 0 unspecified atom stereocenters. The number of carbonyl (C=O) groups excluding carboxylic acids is 1. The van der Waals surface area contributed by atoms with Crippen LogP contribution in [0.2, 0.25) is 0 Å². The van der Waals surface area contributed by atoms with Crippen molar-refractivity contribution in [1.29, 1.82) is 0 Å². The number of carboxylic acids is 2. The maximum Gasteiger partial charge on any atom is 0.328 e. The second kappa shape index (κ2) is 5.74. The van der Waals surface area contributed by atoms with Crippen LogP contribution in [0.4, 0.5) is 0 Å². The van der Waals surface area contributed by atoms with Crippen LogP contribution in [0, 0.1) is 5.92 Å². The number of amides is 1. The molecule has 1 amide bonds. The molecule has 0 atom stereocenters. The van der Waals surface area contributed by atoms with Crippen LogP contribution >= 0.6 is 0 Å². The van der Waals surface area contributed by atoms with Gasteiger partial charge in [0.2, 0.25) is 5.91 Å². The Morgan fingerprint density at radius 3 is 1.50 bits per heavy atom. The summed E-state index contributed by atoms with van der Waals surface area (Å²) in [5.74, 6) is -2.40. The van der Waals surface area contributed by atoms with Crippen molar-refractivity contribution in [2.45, 2.75) is 12.8 Å². The summed E-state index contributed by atoms with van der Waals surface area (Å²) in [5, 5.41) is 15.6. The Hall–Kier alpha value is -1.85. The lowest BCUT2D eigenvalue weighted by molar-refractivity contribution is -0.134. The standard InChI is InChI=1S/C4H7NO.C4H4O4/c5-4(6)3-1-2-3;5-3(6)1-2-4(7)8/h3H,1-2H2,(H2,5,6);1-2H,(H,5,6)(H,7,8)/b;2-1+. The first-order valence-electron chi connectivity index (χ1n) is 3.86. The Kier molecular flexibility index (Phi) is 4.98. The van der Waals surface area contributed by atoms with Gasteiger partial charge in [0.25, 0.3) is 0 Å². The summed E-state index contributed by atoms with van der Waals surface area (Å²) >= 11 is 0. The lowest BCUT2D eigenvalue weighted by atomic mass is 10.4. The monoisotopic (exact) mass is 201 g/mol. The second-order valence-electron chi connectivity index (χ2n) is 2.69. The zero-order valence-electron chi connectivity index (χ0n) is 7.34. The van der Waals surface area contributed by atoms with E-state index in [1.807, 2.05) is 0 Å². The summed E-state index contributed by atoms with van der Waals surface area (Å²) in [4.78, 5) is 29.1. The summed E-state index contributed by atoms with van der Waals surface area (Å²) in [6, 6.07) is 0. The third-order valence-electron chi connectivity index (χ3n) is 1.35. The molecule has 1 aliphatic carbocycles. The van der Waals surface area contributed by atoms with Gasteiger partial charge in [0, 0.05) is 18.1 Å². The van der Waals surface area contributed by atoms with Gasteiger partial charge in [-0.15, -0.1) is 0 Å². The Morgan fingerprint density at radius 1 is 1.07 bits per heavy atom. The minimum Gasteiger partial charge on any atom is -0.478 e. The first kappa shape index (κ1) is 12.2. The first-order valence-corrected chi connectivity index (χ1v) is 3.86. The van der Waals surface area contributed by atoms with Gasteiger partial charge < -0.3 is 15.9 Å². The van der Waals surface area contributed by atoms with Crippen molar-refractivity contribution in [3.63, 3.8) is 0 Å². The fourth-order valence-corrected chi connectivity index (χ4v) is 0.510. The number of nitrogens with two attached hydrogens (primary N) is 1. The van der Waals surface area contributed by atoms with E-state index < -0.39 is 11.9 Å². The molecule has 78 valence electrons. The number of primary amides is 1. The van der Waals surface area contributed by atoms with Gasteiger partial charge in [-0.1, -0.05) is 0 Å². The highest BCUT2D eigenvalue weighted by molar-refractivity contribution is 5.89. The van der Waals surface area contributed by atoms with Gasteiger partial charge in [-0.05, 0) is 12.8 Å². The lowest BCUT2D eigenvalue weighted by Crippen LogP contribution is -2.11. The number of hydrogen-bond donors (Lipinski definition) is 3. The largest absolute Gasteiger partial charge is 0.478 e. The van der Waals surface area contributed by atoms with Crippen molar-refractivity contribution in [3.8, 4) is 0 Å². The van der Waals surface area contributed by atoms with E-state index >= 15 is 0 Å². The molecule has 4 N–H and O–H groups in total. The number of hydrogen-bond acceptors (Lipinski definition) is 3. The van der Waals surface area contributed by atoms with Crippen molar-refractivity contribution in [2.75, 3.05) is 0 Å². The maximum absolute atomic E-state index is 9.98. The molecule has 1 saturated carbocycles. The first-order chi connectivity index (χ1) is 6.43. The van der Waals surface area contributed by atoms with Gasteiger partial charge in [0.15, 0.2) is 0 Å². The average Bonchev–Trinajstić information content (AvgIpc) is 2.83. The van der Waals surface area contributed by atoms with Gasteiger partial charge in [-0.25, -0.2) is 9.59 Å². The van der Waals surface area contributed by atoms with Crippen LogP contribution in [0.3, 0.4) is 0 Å². The Morgan fingerprint density at radius 2 is 1.43 bits per heavy atom. The molecular formula is C8H11NO5. The fraction of sp³-hybridized carbons (Fsp3) is 0.375. The van der Waals surface area contributed by atoms with E-state index in [9.17, 15) is 14.4 Å². The van der Waals surface area contributed by atoms with Crippen LogP contribution in [0.15, 0.2) is 12.2 Å². The predicted molar refractivity (Wildman–Crippen MR) is 46.3 cm³/mol. The van der Waals surface area contributed by atoms with Gasteiger partial charge in [0.1, 0.15) is 0 Å². The molecule has 0 aromatic carbocycles. The van der Waals surface area contributed by atoms with E-state index in [1.54, 1.807) is 0 Å². The lowest BCUT2D eigenvalue weighted by Gasteiger charge is -1.77. The van der Waals surface area contributed by atoms with Crippen LogP contribution in [0.25, 0.3) is 0 Å². The second-order valence-corrected chi connectivity index (χ2v) is 2.69. The van der Waals surface area contributed by atoms with Crippen molar-refractivity contribution < 1.29 is 24.6 Å². The molecular weight excluding hydrogens is 190 g/mol. The minimum absolute atomic E-state index is 0.130. The van der Waals surface area contributed by atoms with E-state index in [4.69, 9.17) is 15.9 Å². The summed E-state index contributed by atoms with van der Waals surface area (Å²) in [6.07, 6.45) is 3.16. The van der Waals surface area contributed by atoms with Crippen LogP contribution in [-0.2, 0) is 14.4 Å². The molecule has 0 bridgehead atoms. The molecule has 0 radical (unpaired) electrons. The third kappa shape index (κ3) is 8.25. The third-order valence-corrected chi connectivity index (χ3v) is 1.35. The van der Waals surface area contributed by atoms with Crippen LogP contribution < -0.4 is 5.73 Å². The van der Waals surface area contributed by atoms with Crippen molar-refractivity contribution in [1.82, 2.24) is 0 Å². The molecule has 1 aliphatic rings. The predicted octanol–water partition coefficient (Wildman–Crippen LogP) is -0.407. The highest BCUT2D eigenvalue weighted by Gasteiger charge is 2.26. The molecule has 0 aromatic rings. The van der Waals surface area contributed by atoms with Crippen molar-refractivity contribution >= 4 is 17.8 Å². The maximum atomic E-state index is 9.98. The molecule has 6 nitrogen and oxygen atoms in total. The van der Waals surface area contributed by atoms with Crippen molar-refractivity contribution in [3.05, 3.63) is 12.2 Å². The normalized spacial score (nSPS) is 14.3. The SMILES string of the molecule is NC(=O)C1CC1.O=C(O)/C=C/C(=O)O. The smallest absolute Gasteiger partial charge is 0.328 e. The van der Waals surface area contributed by atoms with E-state index in [-0.39, 0.29) is 11.8 Å². The summed E-state index contributed by atoms with van der Waals surface area (Å²) in [6.45, 7) is 0. The number of carboxylic acid groups (broad SMARTS) is 2. The Balaban J connectivity index is 0.000000249. The molecule has 1 rings (SSSR count). The molecule has 0 saturated heterocycles. The summed E-state index contributed by atoms with van der Waals surface area (Å²) in [7, 11) is 0. The highest BCUT2D eigenvalue weighted by atomic mass is 16.4. The minimum atomic E-state index is -1.26. The zero-order valence-corrected chi connectivity index (χ0v) is 7.34. The number of aliphatic carboxylic acids is 2. The van der Waals surface area contributed by atoms with Crippen LogP contribution in [0.1, 0.15) is 12.8 Å². The zero-order chi connectivity index (χ0) is 11.1.